The number of alkyl carbamates (subject to hydrolysis) is 2. The summed E-state index contributed by atoms with van der Waals surface area (Å²) in [5.74, 6) is 1.07. The van der Waals surface area contributed by atoms with Crippen LogP contribution in [-0.2, 0) is 25.7 Å². The predicted molar refractivity (Wildman–Crippen MR) is 211 cm³/mol. The minimum Gasteiger partial charge on any atom is -0.488 e. The average molecular weight is 793 g/mol. The highest BCUT2D eigenvalue weighted by Crippen LogP contribution is 2.50. The summed E-state index contributed by atoms with van der Waals surface area (Å²) in [6.07, 6.45) is 5.13. The van der Waals surface area contributed by atoms with Crippen molar-refractivity contribution in [2.75, 3.05) is 27.3 Å². The van der Waals surface area contributed by atoms with Crippen LogP contribution in [0.25, 0.3) is 33.6 Å². The fraction of sp³-hybridized carbons (Fsp3) is 0.452. The van der Waals surface area contributed by atoms with Crippen LogP contribution in [0.2, 0.25) is 0 Å². The number of carbonyl (C=O) groups excluding carboxylic acids is 5. The molecule has 0 bridgehead atoms. The summed E-state index contributed by atoms with van der Waals surface area (Å²) in [4.78, 5) is 85.4. The van der Waals surface area contributed by atoms with Gasteiger partial charge in [-0.2, -0.15) is 0 Å². The Kier molecular flexibility index (Phi) is 10.2. The first-order chi connectivity index (χ1) is 27.9. The first-order valence-corrected chi connectivity index (χ1v) is 19.8. The van der Waals surface area contributed by atoms with Gasteiger partial charge in [0, 0.05) is 46.5 Å². The molecule has 16 heteroatoms. The van der Waals surface area contributed by atoms with Crippen molar-refractivity contribution in [3.8, 4) is 39.4 Å². The number of hydrogen-bond donors (Lipinski definition) is 4. The molecular formula is C42H48N8O8. The van der Waals surface area contributed by atoms with Gasteiger partial charge in [-0.1, -0.05) is 27.7 Å². The van der Waals surface area contributed by atoms with E-state index in [0.29, 0.717) is 65.8 Å². The highest BCUT2D eigenvalue weighted by atomic mass is 16.5. The quantitative estimate of drug-likeness (QED) is 0.137. The Morgan fingerprint density at radius 2 is 1.22 bits per heavy atom. The Balaban J connectivity index is 1.03. The van der Waals surface area contributed by atoms with E-state index in [9.17, 15) is 24.0 Å². The lowest BCUT2D eigenvalue weighted by Gasteiger charge is -2.30. The van der Waals surface area contributed by atoms with E-state index in [0.717, 1.165) is 40.7 Å². The van der Waals surface area contributed by atoms with E-state index < -0.39 is 24.3 Å². The molecule has 3 aliphatic heterocycles. The third kappa shape index (κ3) is 6.73. The average Bonchev–Trinajstić information content (AvgIpc) is 4.07. The number of amides is 4. The number of methoxy groups -OCH3 is 2. The molecule has 0 saturated carbocycles. The Morgan fingerprint density at radius 1 is 0.741 bits per heavy atom. The Bertz CT molecular complexity index is 2150. The molecule has 2 saturated heterocycles. The van der Waals surface area contributed by atoms with E-state index in [1.54, 1.807) is 22.2 Å². The Hall–Kier alpha value is -6.19. The van der Waals surface area contributed by atoms with Crippen molar-refractivity contribution in [1.82, 2.24) is 40.4 Å². The normalized spacial score (nSPS) is 18.9. The fourth-order valence-corrected chi connectivity index (χ4v) is 8.76. The van der Waals surface area contributed by atoms with Crippen LogP contribution in [0.5, 0.6) is 5.75 Å². The van der Waals surface area contributed by atoms with E-state index >= 15 is 0 Å². The van der Waals surface area contributed by atoms with Crippen molar-refractivity contribution in [2.24, 2.45) is 11.8 Å². The zero-order valence-electron chi connectivity index (χ0n) is 33.4. The molecule has 4 aliphatic rings. The minimum atomic E-state index is -0.744. The number of carbonyl (C=O) groups is 5. The van der Waals surface area contributed by atoms with Crippen molar-refractivity contribution in [3.05, 3.63) is 65.0 Å². The summed E-state index contributed by atoms with van der Waals surface area (Å²) in [6.45, 7) is 8.84. The van der Waals surface area contributed by atoms with Crippen molar-refractivity contribution in [1.29, 1.82) is 0 Å². The molecule has 0 unspecified atom stereocenters. The molecular weight excluding hydrogens is 745 g/mol. The predicted octanol–water partition coefficient (Wildman–Crippen LogP) is 5.66. The number of ketones is 1. The summed E-state index contributed by atoms with van der Waals surface area (Å²) < 4.78 is 15.9. The smallest absolute Gasteiger partial charge is 0.407 e. The second kappa shape index (κ2) is 15.3. The summed E-state index contributed by atoms with van der Waals surface area (Å²) in [5.41, 5.74) is 6.55. The van der Waals surface area contributed by atoms with Crippen LogP contribution >= 0.6 is 0 Å². The number of hydrogen-bond acceptors (Lipinski definition) is 10. The SMILES string of the molecule is COC(=O)N[C@H](C(=O)N1CCC[C@H]1c1ncc(-c2cc3c4c(c2)C(=O)c2cc(-c5cnc([C@@H]6CCCN6C(=O)[C@@H](NC(=O)OC)C(C)C)[nH]5)cc(c2-4)OC3)[nH]1)C(C)C. The molecule has 2 aromatic heterocycles. The van der Waals surface area contributed by atoms with E-state index in [1.165, 1.54) is 14.2 Å². The van der Waals surface area contributed by atoms with Gasteiger partial charge in [0.1, 0.15) is 36.1 Å². The Morgan fingerprint density at radius 3 is 1.71 bits per heavy atom. The highest BCUT2D eigenvalue weighted by Gasteiger charge is 2.40. The van der Waals surface area contributed by atoms with Crippen molar-refractivity contribution >= 4 is 29.8 Å². The summed E-state index contributed by atoms with van der Waals surface area (Å²) in [5, 5.41) is 5.36. The molecule has 58 heavy (non-hydrogen) atoms. The molecule has 16 nitrogen and oxygen atoms in total. The molecule has 0 radical (unpaired) electrons. The van der Waals surface area contributed by atoms with E-state index in [-0.39, 0.29) is 48.1 Å². The fourth-order valence-electron chi connectivity index (χ4n) is 8.76. The summed E-state index contributed by atoms with van der Waals surface area (Å²) in [7, 11) is 2.54. The van der Waals surface area contributed by atoms with Gasteiger partial charge in [-0.25, -0.2) is 19.6 Å². The van der Waals surface area contributed by atoms with Gasteiger partial charge >= 0.3 is 12.2 Å². The van der Waals surface area contributed by atoms with Crippen LogP contribution in [0, 0.1) is 11.8 Å². The molecule has 0 spiro atoms. The second-order valence-electron chi connectivity index (χ2n) is 16.0. The molecule has 304 valence electrons. The van der Waals surface area contributed by atoms with Crippen molar-refractivity contribution < 1.29 is 38.2 Å². The number of H-pyrrole nitrogens is 2. The van der Waals surface area contributed by atoms with Crippen LogP contribution in [0.1, 0.15) is 98.6 Å². The van der Waals surface area contributed by atoms with Gasteiger partial charge in [0.2, 0.25) is 11.8 Å². The lowest BCUT2D eigenvalue weighted by atomic mass is 9.93. The lowest BCUT2D eigenvalue weighted by Crippen LogP contribution is -2.51. The van der Waals surface area contributed by atoms with Crippen LogP contribution in [-0.4, -0.2) is 98.9 Å². The van der Waals surface area contributed by atoms with Crippen LogP contribution in [0.4, 0.5) is 9.59 Å². The molecule has 2 fully saturated rings. The monoisotopic (exact) mass is 792 g/mol. The first kappa shape index (κ1) is 38.7. The summed E-state index contributed by atoms with van der Waals surface area (Å²) >= 11 is 0. The van der Waals surface area contributed by atoms with Gasteiger partial charge in [-0.05, 0) is 67.3 Å². The number of nitrogens with zero attached hydrogens (tertiary/aromatic N) is 4. The molecule has 4 N–H and O–H groups in total. The van der Waals surface area contributed by atoms with Crippen LogP contribution in [0.15, 0.2) is 36.7 Å². The number of rotatable bonds is 10. The maximum absolute atomic E-state index is 14.2. The van der Waals surface area contributed by atoms with E-state index in [2.05, 4.69) is 25.6 Å². The summed E-state index contributed by atoms with van der Waals surface area (Å²) in [6, 6.07) is 5.60. The van der Waals surface area contributed by atoms with Crippen molar-refractivity contribution in [3.63, 3.8) is 0 Å². The third-order valence-electron chi connectivity index (χ3n) is 11.7. The second-order valence-corrected chi connectivity index (χ2v) is 16.0. The molecule has 4 atom stereocenters. The minimum absolute atomic E-state index is 0.114. The third-order valence-corrected chi connectivity index (χ3v) is 11.7. The van der Waals surface area contributed by atoms with Gasteiger partial charge in [0.15, 0.2) is 5.78 Å². The van der Waals surface area contributed by atoms with Crippen LogP contribution in [0.3, 0.4) is 0 Å². The Labute approximate surface area is 335 Å². The molecule has 2 aromatic carbocycles. The molecule has 4 aromatic rings. The number of benzene rings is 2. The lowest BCUT2D eigenvalue weighted by molar-refractivity contribution is -0.136. The largest absolute Gasteiger partial charge is 0.488 e. The molecule has 1 aliphatic carbocycles. The zero-order chi connectivity index (χ0) is 41.0. The van der Waals surface area contributed by atoms with Gasteiger partial charge in [0.25, 0.3) is 0 Å². The molecule has 5 heterocycles. The molecule has 4 amide bonds. The number of ether oxygens (including phenoxy) is 3. The number of likely N-dealkylation sites (tertiary alicyclic amines) is 2. The number of nitrogens with one attached hydrogen (secondary N) is 4. The van der Waals surface area contributed by atoms with E-state index in [1.807, 2.05) is 52.0 Å². The van der Waals surface area contributed by atoms with Gasteiger partial charge in [-0.15, -0.1) is 0 Å². The van der Waals surface area contributed by atoms with Gasteiger partial charge in [0.05, 0.1) is 50.1 Å². The topological polar surface area (TPSA) is 201 Å². The number of aromatic amines is 2. The van der Waals surface area contributed by atoms with Crippen molar-refractivity contribution in [2.45, 2.75) is 84.2 Å². The van der Waals surface area contributed by atoms with Crippen LogP contribution < -0.4 is 15.4 Å². The van der Waals surface area contributed by atoms with E-state index in [4.69, 9.17) is 19.2 Å². The van der Waals surface area contributed by atoms with Gasteiger partial charge < -0.3 is 44.6 Å². The highest BCUT2D eigenvalue weighted by molar-refractivity contribution is 6.24. The maximum Gasteiger partial charge on any atom is 0.407 e. The van der Waals surface area contributed by atoms with Gasteiger partial charge in [-0.3, -0.25) is 14.4 Å². The number of aromatic nitrogens is 4. The zero-order valence-corrected chi connectivity index (χ0v) is 33.4. The first-order valence-electron chi connectivity index (χ1n) is 19.8. The maximum atomic E-state index is 14.2. The standard InChI is InChI=1S/C42H48N8O8/c1-20(2)34(47-41(54)56-5)39(52)49-11-7-9-29(49)37-43-17-27(45-37)22-13-24-19-58-31-16-23(15-26-33(31)32(24)25(14-22)36(26)51)28-18-44-38(46-28)30-10-8-12-50(30)40(53)35(21(3)4)48-42(55)57-6/h13-18,20-21,29-30,34-35H,7-12,19H2,1-6H3,(H,43,45)(H,44,46)(H,47,54)(H,48,55)/t29-,30-,34-,35-/m0/s1. The number of imidazole rings is 2. The molecule has 8 rings (SSSR count).